The molecule has 6 nitrogen and oxygen atoms in total. The molecule has 1 unspecified atom stereocenters. The number of rotatable bonds is 6. The number of nitrogens with zero attached hydrogens (tertiary/aromatic N) is 2. The van der Waals surface area contributed by atoms with Crippen LogP contribution in [-0.2, 0) is 4.79 Å². The minimum absolute atomic E-state index is 0.136. The van der Waals surface area contributed by atoms with Crippen molar-refractivity contribution in [3.8, 4) is 0 Å². The van der Waals surface area contributed by atoms with Crippen molar-refractivity contribution in [3.05, 3.63) is 5.69 Å². The molecule has 0 aromatic carbocycles. The van der Waals surface area contributed by atoms with Gasteiger partial charge in [-0.15, -0.1) is 0 Å². The third-order valence-electron chi connectivity index (χ3n) is 2.72. The predicted molar refractivity (Wildman–Crippen MR) is 78.6 cm³/mol. The second kappa shape index (κ2) is 6.92. The highest BCUT2D eigenvalue weighted by Gasteiger charge is 2.13. The van der Waals surface area contributed by atoms with Crippen LogP contribution < -0.4 is 16.0 Å². The minimum Gasteiger partial charge on any atom is -0.371 e. The van der Waals surface area contributed by atoms with E-state index in [-0.39, 0.29) is 5.91 Å². The number of carbonyl (C=O) groups is 1. The lowest BCUT2D eigenvalue weighted by Crippen LogP contribution is -2.19. The number of hydrogen-bond donors (Lipinski definition) is 3. The van der Waals surface area contributed by atoms with Crippen LogP contribution in [0, 0.1) is 6.92 Å². The summed E-state index contributed by atoms with van der Waals surface area (Å²) >= 11 is 0. The van der Waals surface area contributed by atoms with Crippen LogP contribution >= 0.6 is 0 Å². The summed E-state index contributed by atoms with van der Waals surface area (Å²) in [6.45, 7) is 7.56. The molecule has 0 fully saturated rings. The summed E-state index contributed by atoms with van der Waals surface area (Å²) in [5.74, 6) is 1.06. The number of nitrogens with one attached hydrogen (secondary N) is 3. The monoisotopic (exact) mass is 265 g/mol. The average molecular weight is 265 g/mol. The molecule has 0 aliphatic heterocycles. The van der Waals surface area contributed by atoms with E-state index in [0.717, 1.165) is 18.5 Å². The van der Waals surface area contributed by atoms with Gasteiger partial charge in [0.25, 0.3) is 0 Å². The van der Waals surface area contributed by atoms with E-state index in [2.05, 4.69) is 39.8 Å². The summed E-state index contributed by atoms with van der Waals surface area (Å²) in [4.78, 5) is 19.9. The molecule has 0 aliphatic rings. The zero-order chi connectivity index (χ0) is 14.4. The number of aryl methyl sites for hydroxylation is 1. The van der Waals surface area contributed by atoms with Gasteiger partial charge in [-0.1, -0.05) is 13.3 Å². The van der Waals surface area contributed by atoms with Crippen molar-refractivity contribution in [1.82, 2.24) is 9.97 Å². The lowest BCUT2D eigenvalue weighted by Gasteiger charge is -2.16. The second-order valence-electron chi connectivity index (χ2n) is 4.62. The van der Waals surface area contributed by atoms with Crippen molar-refractivity contribution in [3.63, 3.8) is 0 Å². The molecular weight excluding hydrogens is 242 g/mol. The van der Waals surface area contributed by atoms with Crippen molar-refractivity contribution < 1.29 is 4.79 Å². The first-order valence-electron chi connectivity index (χ1n) is 6.58. The van der Waals surface area contributed by atoms with Crippen LogP contribution in [0.4, 0.5) is 17.5 Å². The quantitative estimate of drug-likeness (QED) is 0.736. The number of amides is 1. The molecule has 6 heteroatoms. The van der Waals surface area contributed by atoms with Gasteiger partial charge in [0.1, 0.15) is 5.69 Å². The van der Waals surface area contributed by atoms with E-state index < -0.39 is 0 Å². The zero-order valence-corrected chi connectivity index (χ0v) is 12.3. The van der Waals surface area contributed by atoms with Crippen molar-refractivity contribution >= 4 is 23.4 Å². The molecule has 0 bridgehead atoms. The molecule has 1 heterocycles. The highest BCUT2D eigenvalue weighted by atomic mass is 16.1. The van der Waals surface area contributed by atoms with Gasteiger partial charge in [-0.3, -0.25) is 4.79 Å². The molecule has 1 amide bonds. The molecule has 0 saturated carbocycles. The Hall–Kier alpha value is -1.85. The molecule has 1 atom stereocenters. The summed E-state index contributed by atoms with van der Waals surface area (Å²) in [5, 5.41) is 8.99. The van der Waals surface area contributed by atoms with Gasteiger partial charge in [0.2, 0.25) is 11.9 Å². The average Bonchev–Trinajstić information content (AvgIpc) is 2.32. The molecule has 1 aromatic heterocycles. The van der Waals surface area contributed by atoms with Gasteiger partial charge in [0.05, 0.1) is 5.69 Å². The summed E-state index contributed by atoms with van der Waals surface area (Å²) in [6.07, 6.45) is 2.17. The topological polar surface area (TPSA) is 78.9 Å². The molecule has 0 radical (unpaired) electrons. The van der Waals surface area contributed by atoms with E-state index in [1.54, 1.807) is 7.05 Å². The standard InChI is InChI=1S/C13H23N5O/c1-6-7-8(2)15-13-16-9(3)11(17-10(4)19)12(14-5)18-13/h8H,6-7H2,1-5H3,(H,17,19)(H2,14,15,16,18). The molecule has 0 aliphatic carbocycles. The number of anilines is 3. The molecule has 19 heavy (non-hydrogen) atoms. The first kappa shape index (κ1) is 15.2. The molecule has 0 saturated heterocycles. The Labute approximate surface area is 114 Å². The summed E-state index contributed by atoms with van der Waals surface area (Å²) in [7, 11) is 1.77. The Bertz CT molecular complexity index is 447. The van der Waals surface area contributed by atoms with E-state index in [1.807, 2.05) is 6.92 Å². The van der Waals surface area contributed by atoms with Crippen molar-refractivity contribution in [2.24, 2.45) is 0 Å². The van der Waals surface area contributed by atoms with E-state index in [9.17, 15) is 4.79 Å². The Morgan fingerprint density at radius 3 is 2.58 bits per heavy atom. The Balaban J connectivity index is 2.98. The van der Waals surface area contributed by atoms with Gasteiger partial charge in [-0.05, 0) is 20.3 Å². The number of hydrogen-bond acceptors (Lipinski definition) is 5. The maximum atomic E-state index is 11.2. The van der Waals surface area contributed by atoms with Crippen LogP contribution in [0.15, 0.2) is 0 Å². The maximum absolute atomic E-state index is 11.2. The zero-order valence-electron chi connectivity index (χ0n) is 12.3. The number of aromatic nitrogens is 2. The Kier molecular flexibility index (Phi) is 5.54. The van der Waals surface area contributed by atoms with Gasteiger partial charge in [-0.25, -0.2) is 4.98 Å². The fraction of sp³-hybridized carbons (Fsp3) is 0.615. The summed E-state index contributed by atoms with van der Waals surface area (Å²) < 4.78 is 0. The fourth-order valence-electron chi connectivity index (χ4n) is 1.87. The fourth-order valence-corrected chi connectivity index (χ4v) is 1.87. The van der Waals surface area contributed by atoms with Gasteiger partial charge in [0.15, 0.2) is 5.82 Å². The smallest absolute Gasteiger partial charge is 0.225 e. The Morgan fingerprint density at radius 2 is 2.05 bits per heavy atom. The van der Waals surface area contributed by atoms with E-state index in [0.29, 0.717) is 23.5 Å². The third kappa shape index (κ3) is 4.39. The van der Waals surface area contributed by atoms with Crippen molar-refractivity contribution in [1.29, 1.82) is 0 Å². The van der Waals surface area contributed by atoms with Crippen LogP contribution in [0.1, 0.15) is 39.3 Å². The molecule has 106 valence electrons. The highest BCUT2D eigenvalue weighted by molar-refractivity contribution is 5.92. The molecule has 3 N–H and O–H groups in total. The van der Waals surface area contributed by atoms with Crippen LogP contribution in [0.2, 0.25) is 0 Å². The van der Waals surface area contributed by atoms with Crippen LogP contribution in [-0.4, -0.2) is 29.0 Å². The highest BCUT2D eigenvalue weighted by Crippen LogP contribution is 2.24. The van der Waals surface area contributed by atoms with Crippen molar-refractivity contribution in [2.75, 3.05) is 23.0 Å². The number of carbonyl (C=O) groups excluding carboxylic acids is 1. The first-order valence-corrected chi connectivity index (χ1v) is 6.58. The largest absolute Gasteiger partial charge is 0.371 e. The molecular formula is C13H23N5O. The minimum atomic E-state index is -0.136. The van der Waals surface area contributed by atoms with Crippen LogP contribution in [0.5, 0.6) is 0 Å². The predicted octanol–water partition coefficient (Wildman–Crippen LogP) is 2.39. The molecule has 1 aromatic rings. The Morgan fingerprint density at radius 1 is 1.37 bits per heavy atom. The van der Waals surface area contributed by atoms with E-state index in [1.165, 1.54) is 6.92 Å². The molecule has 1 rings (SSSR count). The first-order chi connectivity index (χ1) is 8.97. The second-order valence-corrected chi connectivity index (χ2v) is 4.62. The lowest BCUT2D eigenvalue weighted by molar-refractivity contribution is -0.114. The van der Waals surface area contributed by atoms with E-state index in [4.69, 9.17) is 0 Å². The lowest BCUT2D eigenvalue weighted by atomic mass is 10.2. The summed E-state index contributed by atoms with van der Waals surface area (Å²) in [5.41, 5.74) is 1.37. The maximum Gasteiger partial charge on any atom is 0.225 e. The van der Waals surface area contributed by atoms with Gasteiger partial charge in [-0.2, -0.15) is 4.98 Å². The normalized spacial score (nSPS) is 11.8. The SMILES string of the molecule is CCCC(C)Nc1nc(C)c(NC(C)=O)c(NC)n1. The van der Waals surface area contributed by atoms with Gasteiger partial charge >= 0.3 is 0 Å². The van der Waals surface area contributed by atoms with Crippen molar-refractivity contribution in [2.45, 2.75) is 46.6 Å². The van der Waals surface area contributed by atoms with E-state index >= 15 is 0 Å². The van der Waals surface area contributed by atoms with Gasteiger partial charge < -0.3 is 16.0 Å². The molecule has 0 spiro atoms. The van der Waals surface area contributed by atoms with Gasteiger partial charge in [0, 0.05) is 20.0 Å². The van der Waals surface area contributed by atoms with Crippen LogP contribution in [0.3, 0.4) is 0 Å². The third-order valence-corrected chi connectivity index (χ3v) is 2.72. The summed E-state index contributed by atoms with van der Waals surface area (Å²) in [6, 6.07) is 0.320. The van der Waals surface area contributed by atoms with Crippen LogP contribution in [0.25, 0.3) is 0 Å².